The predicted octanol–water partition coefficient (Wildman–Crippen LogP) is 4.18. The van der Waals surface area contributed by atoms with Gasteiger partial charge in [-0.05, 0) is 42.9 Å². The second-order valence-electron chi connectivity index (χ2n) is 6.66. The summed E-state index contributed by atoms with van der Waals surface area (Å²) in [7, 11) is -0.919. The van der Waals surface area contributed by atoms with E-state index in [0.717, 1.165) is 30.0 Å². The van der Waals surface area contributed by atoms with Crippen LogP contribution in [0.2, 0.25) is 0 Å². The Morgan fingerprint density at radius 1 is 1.44 bits per heavy atom. The predicted molar refractivity (Wildman–Crippen MR) is 105 cm³/mol. The molecule has 1 amide bonds. The van der Waals surface area contributed by atoms with E-state index in [0.29, 0.717) is 16.4 Å². The minimum Gasteiger partial charge on any atom is -0.298 e. The molecular formula is C19H24N2O2S2. The number of rotatable bonds is 6. The van der Waals surface area contributed by atoms with Crippen LogP contribution in [0.3, 0.4) is 0 Å². The van der Waals surface area contributed by atoms with Gasteiger partial charge in [-0.3, -0.25) is 14.3 Å². The van der Waals surface area contributed by atoms with Crippen LogP contribution in [0.5, 0.6) is 0 Å². The summed E-state index contributed by atoms with van der Waals surface area (Å²) >= 11 is 1.61. The van der Waals surface area contributed by atoms with E-state index in [4.69, 9.17) is 0 Å². The van der Waals surface area contributed by atoms with E-state index in [-0.39, 0.29) is 5.91 Å². The zero-order chi connectivity index (χ0) is 17.8. The summed E-state index contributed by atoms with van der Waals surface area (Å²) in [5.41, 5.74) is 2.65. The molecule has 0 saturated carbocycles. The lowest BCUT2D eigenvalue weighted by atomic mass is 9.88. The van der Waals surface area contributed by atoms with E-state index in [1.165, 1.54) is 24.1 Å². The van der Waals surface area contributed by atoms with Crippen molar-refractivity contribution in [2.75, 3.05) is 11.6 Å². The van der Waals surface area contributed by atoms with Crippen LogP contribution in [-0.2, 0) is 29.4 Å². The standard InChI is InChI=1S/C19H24N2O2S2/c1-3-5-13-8-9-16-17(11-13)24-19(20-16)21-18(22)15-7-4-6-14(10-15)12-25(2)23/h4,6-7,10,13H,3,5,8-9,11-12H2,1-2H3,(H,20,21,22)/t13-,25-/m0/s1. The quantitative estimate of drug-likeness (QED) is 0.823. The van der Waals surface area contributed by atoms with Crippen LogP contribution in [0.4, 0.5) is 5.13 Å². The molecule has 4 nitrogen and oxygen atoms in total. The first-order chi connectivity index (χ1) is 12.0. The number of amides is 1. The highest BCUT2D eigenvalue weighted by Gasteiger charge is 2.22. The lowest BCUT2D eigenvalue weighted by Crippen LogP contribution is -2.13. The van der Waals surface area contributed by atoms with E-state index < -0.39 is 10.8 Å². The van der Waals surface area contributed by atoms with Crippen molar-refractivity contribution >= 4 is 33.2 Å². The topological polar surface area (TPSA) is 59.1 Å². The molecule has 0 radical (unpaired) electrons. The molecule has 2 atom stereocenters. The number of aromatic nitrogens is 1. The number of benzene rings is 1. The molecule has 1 heterocycles. The largest absolute Gasteiger partial charge is 0.298 e. The van der Waals surface area contributed by atoms with E-state index in [1.54, 1.807) is 23.7 Å². The zero-order valence-corrected chi connectivity index (χ0v) is 16.3. The number of nitrogens with zero attached hydrogens (tertiary/aromatic N) is 1. The van der Waals surface area contributed by atoms with Gasteiger partial charge in [-0.2, -0.15) is 0 Å². The highest BCUT2D eigenvalue weighted by Crippen LogP contribution is 2.34. The molecule has 25 heavy (non-hydrogen) atoms. The number of carbonyl (C=O) groups is 1. The molecule has 0 aliphatic heterocycles. The van der Waals surface area contributed by atoms with E-state index in [1.807, 2.05) is 18.2 Å². The minimum atomic E-state index is -0.919. The van der Waals surface area contributed by atoms with Crippen molar-refractivity contribution in [2.45, 2.75) is 44.8 Å². The van der Waals surface area contributed by atoms with Gasteiger partial charge in [0.05, 0.1) is 5.69 Å². The summed E-state index contributed by atoms with van der Waals surface area (Å²) in [5, 5.41) is 3.63. The van der Waals surface area contributed by atoms with Gasteiger partial charge in [-0.25, -0.2) is 4.98 Å². The molecule has 0 spiro atoms. The lowest BCUT2D eigenvalue weighted by molar-refractivity contribution is 0.102. The number of hydrogen-bond acceptors (Lipinski definition) is 4. The van der Waals surface area contributed by atoms with Crippen molar-refractivity contribution < 1.29 is 9.00 Å². The third kappa shape index (κ3) is 4.76. The Hall–Kier alpha value is -1.53. The number of nitrogens with one attached hydrogen (secondary N) is 1. The number of fused-ring (bicyclic) bond motifs is 1. The summed E-state index contributed by atoms with van der Waals surface area (Å²) in [6, 6.07) is 7.32. The maximum absolute atomic E-state index is 12.5. The Bertz CT molecular complexity index is 785. The summed E-state index contributed by atoms with van der Waals surface area (Å²) in [6.07, 6.45) is 7.47. The van der Waals surface area contributed by atoms with Gasteiger partial charge in [-0.1, -0.05) is 31.9 Å². The highest BCUT2D eigenvalue weighted by molar-refractivity contribution is 7.83. The zero-order valence-electron chi connectivity index (χ0n) is 14.7. The third-order valence-electron chi connectivity index (χ3n) is 4.52. The summed E-state index contributed by atoms with van der Waals surface area (Å²) in [4.78, 5) is 18.5. The van der Waals surface area contributed by atoms with Gasteiger partial charge in [0.2, 0.25) is 0 Å². The van der Waals surface area contributed by atoms with Crippen molar-refractivity contribution in [2.24, 2.45) is 5.92 Å². The van der Waals surface area contributed by atoms with Crippen LogP contribution in [0.1, 0.15) is 52.7 Å². The average Bonchev–Trinajstić information content (AvgIpc) is 2.96. The fraction of sp³-hybridized carbons (Fsp3) is 0.474. The second-order valence-corrected chi connectivity index (χ2v) is 9.18. The number of thiazole rings is 1. The van der Waals surface area contributed by atoms with E-state index in [2.05, 4.69) is 17.2 Å². The summed E-state index contributed by atoms with van der Waals surface area (Å²) in [5.74, 6) is 1.07. The number of aryl methyl sites for hydroxylation is 1. The molecule has 0 fully saturated rings. The van der Waals surface area contributed by atoms with Crippen LogP contribution in [0.25, 0.3) is 0 Å². The van der Waals surface area contributed by atoms with Crippen LogP contribution in [0.15, 0.2) is 24.3 Å². The summed E-state index contributed by atoms with van der Waals surface area (Å²) in [6.45, 7) is 2.23. The fourth-order valence-electron chi connectivity index (χ4n) is 3.36. The Kier molecular flexibility index (Phi) is 6.02. The molecule has 0 bridgehead atoms. The molecule has 1 aromatic carbocycles. The lowest BCUT2D eigenvalue weighted by Gasteiger charge is -2.19. The Balaban J connectivity index is 1.69. The second kappa shape index (κ2) is 8.23. The SMILES string of the molecule is CCC[C@H]1CCc2nc(NC(=O)c3cccc(C[S@](C)=O)c3)sc2C1. The van der Waals surface area contributed by atoms with Crippen molar-refractivity contribution in [3.8, 4) is 0 Å². The maximum atomic E-state index is 12.5. The Morgan fingerprint density at radius 3 is 3.04 bits per heavy atom. The number of hydrogen-bond donors (Lipinski definition) is 1. The monoisotopic (exact) mass is 376 g/mol. The molecule has 3 rings (SSSR count). The van der Waals surface area contributed by atoms with Gasteiger partial charge in [0.25, 0.3) is 5.91 Å². The fourth-order valence-corrected chi connectivity index (χ4v) is 5.12. The molecule has 0 saturated heterocycles. The van der Waals surface area contributed by atoms with Crippen LogP contribution < -0.4 is 5.32 Å². The van der Waals surface area contributed by atoms with E-state index in [9.17, 15) is 9.00 Å². The van der Waals surface area contributed by atoms with Crippen molar-refractivity contribution in [1.82, 2.24) is 4.98 Å². The molecule has 1 aliphatic carbocycles. The molecule has 6 heteroatoms. The van der Waals surface area contributed by atoms with Crippen LogP contribution >= 0.6 is 11.3 Å². The molecule has 1 aliphatic rings. The molecular weight excluding hydrogens is 352 g/mol. The van der Waals surface area contributed by atoms with Gasteiger partial charge in [0, 0.05) is 33.2 Å². The Labute approximate surface area is 155 Å². The molecule has 0 unspecified atom stereocenters. The van der Waals surface area contributed by atoms with Crippen LogP contribution in [-0.4, -0.2) is 21.4 Å². The first-order valence-corrected chi connectivity index (χ1v) is 11.3. The first kappa shape index (κ1) is 18.3. The van der Waals surface area contributed by atoms with E-state index >= 15 is 0 Å². The van der Waals surface area contributed by atoms with Crippen LogP contribution in [0, 0.1) is 5.92 Å². The maximum Gasteiger partial charge on any atom is 0.257 e. The van der Waals surface area contributed by atoms with Gasteiger partial charge in [0.15, 0.2) is 5.13 Å². The van der Waals surface area contributed by atoms with Gasteiger partial charge in [0.1, 0.15) is 0 Å². The molecule has 2 aromatic rings. The Morgan fingerprint density at radius 2 is 2.28 bits per heavy atom. The smallest absolute Gasteiger partial charge is 0.257 e. The normalized spacial score (nSPS) is 17.8. The first-order valence-electron chi connectivity index (χ1n) is 8.74. The van der Waals surface area contributed by atoms with Crippen molar-refractivity contribution in [3.63, 3.8) is 0 Å². The average molecular weight is 377 g/mol. The molecule has 134 valence electrons. The van der Waals surface area contributed by atoms with Gasteiger partial charge >= 0.3 is 0 Å². The number of anilines is 1. The molecule has 1 N–H and O–H groups in total. The number of carbonyl (C=O) groups excluding carboxylic acids is 1. The van der Waals surface area contributed by atoms with Gasteiger partial charge < -0.3 is 0 Å². The summed E-state index contributed by atoms with van der Waals surface area (Å²) < 4.78 is 11.4. The minimum absolute atomic E-state index is 0.153. The van der Waals surface area contributed by atoms with Crippen molar-refractivity contribution in [3.05, 3.63) is 46.0 Å². The van der Waals surface area contributed by atoms with Gasteiger partial charge in [-0.15, -0.1) is 11.3 Å². The molecule has 1 aromatic heterocycles. The highest BCUT2D eigenvalue weighted by atomic mass is 32.2. The third-order valence-corrected chi connectivity index (χ3v) is 6.29. The van der Waals surface area contributed by atoms with Crippen molar-refractivity contribution in [1.29, 1.82) is 0 Å².